The van der Waals surface area contributed by atoms with E-state index in [0.29, 0.717) is 0 Å². The summed E-state index contributed by atoms with van der Waals surface area (Å²) in [5.74, 6) is 1.31. The third-order valence-electron chi connectivity index (χ3n) is 4.72. The molecule has 0 amide bonds. The number of hydrogen-bond acceptors (Lipinski definition) is 2. The number of halogens is 1. The molecule has 0 spiro atoms. The highest BCUT2D eigenvalue weighted by Crippen LogP contribution is 2.31. The van der Waals surface area contributed by atoms with Crippen molar-refractivity contribution in [3.63, 3.8) is 0 Å². The summed E-state index contributed by atoms with van der Waals surface area (Å²) in [5, 5.41) is 13.3. The summed E-state index contributed by atoms with van der Waals surface area (Å²) in [6.07, 6.45) is 6.60. The molecule has 3 heteroatoms. The standard InChI is InChI=1S/C17H26FNO/c1-3-13-4-6-14(7-5-13)11-19-12(2)16-9-8-15(18)10-17(16)20/h8-10,12-14,19-20H,3-7,11H2,1-2H3. The molecule has 1 saturated carbocycles. The van der Waals surface area contributed by atoms with Crippen LogP contribution >= 0.6 is 0 Å². The average molecular weight is 279 g/mol. The molecule has 1 aliphatic rings. The Labute approximate surface area is 121 Å². The van der Waals surface area contributed by atoms with E-state index < -0.39 is 5.82 Å². The summed E-state index contributed by atoms with van der Waals surface area (Å²) < 4.78 is 13.0. The molecular formula is C17H26FNO. The molecule has 2 rings (SSSR count). The maximum atomic E-state index is 13.0. The number of phenols is 1. The molecule has 0 aliphatic heterocycles. The first-order valence-electron chi connectivity index (χ1n) is 7.82. The predicted molar refractivity (Wildman–Crippen MR) is 80.2 cm³/mol. The van der Waals surface area contributed by atoms with Crippen LogP contribution in [0.1, 0.15) is 57.6 Å². The van der Waals surface area contributed by atoms with Crippen molar-refractivity contribution in [1.82, 2.24) is 5.32 Å². The van der Waals surface area contributed by atoms with Crippen molar-refractivity contribution in [2.24, 2.45) is 11.8 Å². The van der Waals surface area contributed by atoms with Gasteiger partial charge in [0.2, 0.25) is 0 Å². The van der Waals surface area contributed by atoms with E-state index >= 15 is 0 Å². The third-order valence-corrected chi connectivity index (χ3v) is 4.72. The molecule has 2 N–H and O–H groups in total. The first-order valence-corrected chi connectivity index (χ1v) is 7.82. The molecule has 1 unspecified atom stereocenters. The van der Waals surface area contributed by atoms with Crippen LogP contribution in [-0.2, 0) is 0 Å². The smallest absolute Gasteiger partial charge is 0.126 e. The van der Waals surface area contributed by atoms with Gasteiger partial charge in [-0.2, -0.15) is 0 Å². The van der Waals surface area contributed by atoms with Gasteiger partial charge in [-0.05, 0) is 44.2 Å². The predicted octanol–water partition coefficient (Wildman–Crippen LogP) is 4.40. The van der Waals surface area contributed by atoms with Crippen molar-refractivity contribution >= 4 is 0 Å². The molecule has 112 valence electrons. The quantitative estimate of drug-likeness (QED) is 0.837. The van der Waals surface area contributed by atoms with Gasteiger partial charge in [-0.1, -0.05) is 32.3 Å². The van der Waals surface area contributed by atoms with Gasteiger partial charge in [0, 0.05) is 17.7 Å². The van der Waals surface area contributed by atoms with E-state index in [4.69, 9.17) is 0 Å². The van der Waals surface area contributed by atoms with Crippen molar-refractivity contribution in [1.29, 1.82) is 0 Å². The molecule has 0 bridgehead atoms. The van der Waals surface area contributed by atoms with Gasteiger partial charge < -0.3 is 10.4 Å². The Morgan fingerprint density at radius 2 is 1.90 bits per heavy atom. The second-order valence-electron chi connectivity index (χ2n) is 6.13. The zero-order valence-corrected chi connectivity index (χ0v) is 12.5. The molecule has 1 fully saturated rings. The molecule has 1 atom stereocenters. The zero-order valence-electron chi connectivity index (χ0n) is 12.5. The van der Waals surface area contributed by atoms with Crippen molar-refractivity contribution in [3.8, 4) is 5.75 Å². The highest BCUT2D eigenvalue weighted by molar-refractivity contribution is 5.34. The number of phenolic OH excluding ortho intramolecular Hbond substituents is 1. The van der Waals surface area contributed by atoms with Crippen LogP contribution in [0.2, 0.25) is 0 Å². The second kappa shape index (κ2) is 7.07. The number of benzene rings is 1. The Hall–Kier alpha value is -1.09. The molecule has 1 aliphatic carbocycles. The van der Waals surface area contributed by atoms with Gasteiger partial charge in [0.05, 0.1) is 0 Å². The van der Waals surface area contributed by atoms with Crippen LogP contribution in [0.5, 0.6) is 5.75 Å². The SMILES string of the molecule is CCC1CCC(CNC(C)c2ccc(F)cc2O)CC1. The van der Waals surface area contributed by atoms with Crippen LogP contribution in [0.15, 0.2) is 18.2 Å². The second-order valence-corrected chi connectivity index (χ2v) is 6.13. The molecule has 0 aromatic heterocycles. The summed E-state index contributed by atoms with van der Waals surface area (Å²) in [7, 11) is 0. The van der Waals surface area contributed by atoms with E-state index in [1.165, 1.54) is 44.2 Å². The molecule has 2 nitrogen and oxygen atoms in total. The lowest BCUT2D eigenvalue weighted by molar-refractivity contribution is 0.257. The molecule has 1 aromatic rings. The van der Waals surface area contributed by atoms with Gasteiger partial charge in [0.1, 0.15) is 11.6 Å². The number of aromatic hydroxyl groups is 1. The highest BCUT2D eigenvalue weighted by atomic mass is 19.1. The summed E-state index contributed by atoms with van der Waals surface area (Å²) in [6, 6.07) is 4.30. The molecular weight excluding hydrogens is 253 g/mol. The molecule has 0 heterocycles. The van der Waals surface area contributed by atoms with Gasteiger partial charge in [0.15, 0.2) is 0 Å². The topological polar surface area (TPSA) is 32.3 Å². The normalized spacial score (nSPS) is 24.6. The maximum absolute atomic E-state index is 13.0. The summed E-state index contributed by atoms with van der Waals surface area (Å²) in [5.41, 5.74) is 0.772. The van der Waals surface area contributed by atoms with Gasteiger partial charge in [-0.15, -0.1) is 0 Å². The summed E-state index contributed by atoms with van der Waals surface area (Å²) >= 11 is 0. The van der Waals surface area contributed by atoms with Crippen molar-refractivity contribution in [2.45, 2.75) is 52.0 Å². The van der Waals surface area contributed by atoms with E-state index in [-0.39, 0.29) is 11.8 Å². The Kier molecular flexibility index (Phi) is 5.41. The minimum Gasteiger partial charge on any atom is -0.508 e. The van der Waals surface area contributed by atoms with Crippen LogP contribution < -0.4 is 5.32 Å². The lowest BCUT2D eigenvalue weighted by Gasteiger charge is -2.29. The fourth-order valence-electron chi connectivity index (χ4n) is 3.18. The lowest BCUT2D eigenvalue weighted by Crippen LogP contribution is -2.28. The highest BCUT2D eigenvalue weighted by Gasteiger charge is 2.20. The van der Waals surface area contributed by atoms with Crippen LogP contribution in [0.3, 0.4) is 0 Å². The van der Waals surface area contributed by atoms with Crippen LogP contribution in [0, 0.1) is 17.7 Å². The van der Waals surface area contributed by atoms with Crippen molar-refractivity contribution in [2.75, 3.05) is 6.54 Å². The van der Waals surface area contributed by atoms with Crippen LogP contribution in [-0.4, -0.2) is 11.7 Å². The Balaban J connectivity index is 1.82. The fraction of sp³-hybridized carbons (Fsp3) is 0.647. The number of nitrogens with one attached hydrogen (secondary N) is 1. The molecule has 1 aromatic carbocycles. The van der Waals surface area contributed by atoms with Gasteiger partial charge >= 0.3 is 0 Å². The van der Waals surface area contributed by atoms with Gasteiger partial charge in [0.25, 0.3) is 0 Å². The molecule has 0 radical (unpaired) electrons. The first-order chi connectivity index (χ1) is 9.60. The Bertz CT molecular complexity index is 427. The Morgan fingerprint density at radius 3 is 2.50 bits per heavy atom. The monoisotopic (exact) mass is 279 g/mol. The lowest BCUT2D eigenvalue weighted by atomic mass is 9.81. The first kappa shape index (κ1) is 15.3. The van der Waals surface area contributed by atoms with Crippen molar-refractivity contribution < 1.29 is 9.50 Å². The number of hydrogen-bond donors (Lipinski definition) is 2. The van der Waals surface area contributed by atoms with Crippen molar-refractivity contribution in [3.05, 3.63) is 29.6 Å². The minimum atomic E-state index is -0.392. The minimum absolute atomic E-state index is 0.0414. The van der Waals surface area contributed by atoms with E-state index in [9.17, 15) is 9.50 Å². The average Bonchev–Trinajstić information content (AvgIpc) is 2.45. The maximum Gasteiger partial charge on any atom is 0.126 e. The van der Waals surface area contributed by atoms with E-state index in [2.05, 4.69) is 12.2 Å². The zero-order chi connectivity index (χ0) is 14.5. The molecule has 0 saturated heterocycles. The van der Waals surface area contributed by atoms with Gasteiger partial charge in [-0.25, -0.2) is 4.39 Å². The third kappa shape index (κ3) is 3.95. The van der Waals surface area contributed by atoms with E-state index in [1.807, 2.05) is 6.92 Å². The fourth-order valence-corrected chi connectivity index (χ4v) is 3.18. The number of rotatable bonds is 5. The molecule has 20 heavy (non-hydrogen) atoms. The Morgan fingerprint density at radius 1 is 1.25 bits per heavy atom. The summed E-state index contributed by atoms with van der Waals surface area (Å²) in [4.78, 5) is 0. The summed E-state index contributed by atoms with van der Waals surface area (Å²) in [6.45, 7) is 5.28. The van der Waals surface area contributed by atoms with Crippen LogP contribution in [0.4, 0.5) is 4.39 Å². The van der Waals surface area contributed by atoms with Gasteiger partial charge in [-0.3, -0.25) is 0 Å². The van der Waals surface area contributed by atoms with E-state index in [1.54, 1.807) is 6.07 Å². The van der Waals surface area contributed by atoms with E-state index in [0.717, 1.165) is 23.9 Å². The van der Waals surface area contributed by atoms with Crippen LogP contribution in [0.25, 0.3) is 0 Å². The largest absolute Gasteiger partial charge is 0.508 e.